The Balaban J connectivity index is 1.82. The number of hydrogen-bond donors (Lipinski definition) is 0. The van der Waals surface area contributed by atoms with Gasteiger partial charge in [0.1, 0.15) is 0 Å². The van der Waals surface area contributed by atoms with E-state index in [1.807, 2.05) is 6.20 Å². The van der Waals surface area contributed by atoms with Gasteiger partial charge in [-0.2, -0.15) is 0 Å². The van der Waals surface area contributed by atoms with Crippen molar-refractivity contribution in [1.29, 1.82) is 0 Å². The smallest absolute Gasteiger partial charge is 0.0960 e. The molecular weight excluding hydrogens is 194 g/mol. The van der Waals surface area contributed by atoms with E-state index in [0.717, 1.165) is 17.4 Å². The zero-order valence-electron chi connectivity index (χ0n) is 8.40. The zero-order valence-corrected chi connectivity index (χ0v) is 9.22. The summed E-state index contributed by atoms with van der Waals surface area (Å²) in [5.41, 5.74) is 1.21. The van der Waals surface area contributed by atoms with Crippen LogP contribution in [-0.4, -0.2) is 23.4 Å². The summed E-state index contributed by atoms with van der Waals surface area (Å²) in [5.74, 6) is 1.04. The summed E-state index contributed by atoms with van der Waals surface area (Å²) in [5, 5.41) is 1.10. The number of thioether (sulfide) groups is 1. The van der Waals surface area contributed by atoms with Crippen molar-refractivity contribution in [2.75, 3.05) is 12.4 Å². The number of aryl methyl sites for hydroxylation is 1. The van der Waals surface area contributed by atoms with Crippen LogP contribution in [0.2, 0.25) is 0 Å². The lowest BCUT2D eigenvalue weighted by atomic mass is 10.3. The van der Waals surface area contributed by atoms with Gasteiger partial charge in [-0.05, 0) is 31.4 Å². The van der Waals surface area contributed by atoms with E-state index in [4.69, 9.17) is 4.74 Å². The predicted octanol–water partition coefficient (Wildman–Crippen LogP) is 2.66. The average molecular weight is 209 g/mol. The fourth-order valence-electron chi connectivity index (χ4n) is 1.49. The van der Waals surface area contributed by atoms with E-state index in [1.54, 1.807) is 11.8 Å². The highest BCUT2D eigenvalue weighted by molar-refractivity contribution is 7.99. The molecule has 0 amide bonds. The second-order valence-corrected chi connectivity index (χ2v) is 4.66. The number of hydrogen-bond acceptors (Lipinski definition) is 3. The normalized spacial score (nSPS) is 21.4. The zero-order chi connectivity index (χ0) is 9.80. The predicted molar refractivity (Wildman–Crippen MR) is 58.7 cm³/mol. The Morgan fingerprint density at radius 1 is 1.57 bits per heavy atom. The van der Waals surface area contributed by atoms with Gasteiger partial charge in [0, 0.05) is 18.6 Å². The van der Waals surface area contributed by atoms with E-state index >= 15 is 0 Å². The minimum Gasteiger partial charge on any atom is -0.377 e. The SMILES string of the molecule is Cc1ccc(SC[C@@H]2CCCO2)nc1. The van der Waals surface area contributed by atoms with Crippen LogP contribution in [0.4, 0.5) is 0 Å². The topological polar surface area (TPSA) is 22.1 Å². The van der Waals surface area contributed by atoms with Crippen molar-refractivity contribution in [3.63, 3.8) is 0 Å². The van der Waals surface area contributed by atoms with Crippen molar-refractivity contribution in [3.05, 3.63) is 23.9 Å². The first kappa shape index (κ1) is 9.99. The summed E-state index contributed by atoms with van der Waals surface area (Å²) in [6.07, 6.45) is 4.78. The largest absolute Gasteiger partial charge is 0.377 e. The minimum atomic E-state index is 0.447. The van der Waals surface area contributed by atoms with Crippen LogP contribution in [0.15, 0.2) is 23.4 Å². The van der Waals surface area contributed by atoms with Gasteiger partial charge in [0.05, 0.1) is 11.1 Å². The average Bonchev–Trinajstić information content (AvgIpc) is 2.70. The van der Waals surface area contributed by atoms with Crippen LogP contribution in [0.1, 0.15) is 18.4 Å². The molecule has 2 heterocycles. The van der Waals surface area contributed by atoms with Crippen molar-refractivity contribution in [1.82, 2.24) is 4.98 Å². The molecule has 1 saturated heterocycles. The Morgan fingerprint density at radius 3 is 3.14 bits per heavy atom. The Labute approximate surface area is 89.1 Å². The molecule has 2 nitrogen and oxygen atoms in total. The molecule has 0 spiro atoms. The van der Waals surface area contributed by atoms with Gasteiger partial charge in [-0.25, -0.2) is 4.98 Å². The number of rotatable bonds is 3. The highest BCUT2D eigenvalue weighted by Crippen LogP contribution is 2.22. The van der Waals surface area contributed by atoms with E-state index in [2.05, 4.69) is 24.0 Å². The van der Waals surface area contributed by atoms with Crippen molar-refractivity contribution in [3.8, 4) is 0 Å². The molecule has 2 rings (SSSR count). The molecule has 0 saturated carbocycles. The van der Waals surface area contributed by atoms with Gasteiger partial charge in [-0.1, -0.05) is 6.07 Å². The Kier molecular flexibility index (Phi) is 3.43. The molecule has 1 fully saturated rings. The summed E-state index contributed by atoms with van der Waals surface area (Å²) in [7, 11) is 0. The van der Waals surface area contributed by atoms with Crippen LogP contribution < -0.4 is 0 Å². The lowest BCUT2D eigenvalue weighted by Gasteiger charge is -2.07. The van der Waals surface area contributed by atoms with Crippen molar-refractivity contribution >= 4 is 11.8 Å². The Hall–Kier alpha value is -0.540. The van der Waals surface area contributed by atoms with Crippen molar-refractivity contribution in [2.45, 2.75) is 30.9 Å². The first-order chi connectivity index (χ1) is 6.84. The molecule has 0 aliphatic carbocycles. The molecule has 0 bridgehead atoms. The van der Waals surface area contributed by atoms with E-state index in [9.17, 15) is 0 Å². The molecule has 1 atom stereocenters. The fraction of sp³-hybridized carbons (Fsp3) is 0.545. The van der Waals surface area contributed by atoms with Gasteiger partial charge in [-0.15, -0.1) is 11.8 Å². The summed E-state index contributed by atoms with van der Waals surface area (Å²) in [6, 6.07) is 4.18. The van der Waals surface area contributed by atoms with Crippen LogP contribution in [0.3, 0.4) is 0 Å². The molecule has 1 aromatic heterocycles. The van der Waals surface area contributed by atoms with Crippen LogP contribution in [0.25, 0.3) is 0 Å². The maximum absolute atomic E-state index is 5.55. The molecule has 0 aromatic carbocycles. The molecule has 76 valence electrons. The highest BCUT2D eigenvalue weighted by Gasteiger charge is 2.15. The van der Waals surface area contributed by atoms with Gasteiger partial charge in [0.15, 0.2) is 0 Å². The maximum atomic E-state index is 5.55. The summed E-state index contributed by atoms with van der Waals surface area (Å²) < 4.78 is 5.55. The van der Waals surface area contributed by atoms with E-state index in [1.165, 1.54) is 18.4 Å². The van der Waals surface area contributed by atoms with Gasteiger partial charge < -0.3 is 4.74 Å². The first-order valence-corrected chi connectivity index (χ1v) is 6.00. The summed E-state index contributed by atoms with van der Waals surface area (Å²) >= 11 is 1.79. The van der Waals surface area contributed by atoms with Gasteiger partial charge in [0.25, 0.3) is 0 Å². The Morgan fingerprint density at radius 2 is 2.50 bits per heavy atom. The first-order valence-electron chi connectivity index (χ1n) is 5.01. The fourth-order valence-corrected chi connectivity index (χ4v) is 2.40. The summed E-state index contributed by atoms with van der Waals surface area (Å²) in [4.78, 5) is 4.35. The van der Waals surface area contributed by atoms with Crippen LogP contribution >= 0.6 is 11.8 Å². The second kappa shape index (κ2) is 4.80. The minimum absolute atomic E-state index is 0.447. The molecule has 1 aliphatic heterocycles. The van der Waals surface area contributed by atoms with Gasteiger partial charge in [0.2, 0.25) is 0 Å². The molecule has 14 heavy (non-hydrogen) atoms. The lowest BCUT2D eigenvalue weighted by molar-refractivity contribution is 0.129. The molecular formula is C11H15NOS. The van der Waals surface area contributed by atoms with Crippen molar-refractivity contribution in [2.24, 2.45) is 0 Å². The van der Waals surface area contributed by atoms with Gasteiger partial charge in [-0.3, -0.25) is 0 Å². The third-order valence-electron chi connectivity index (χ3n) is 2.33. The monoisotopic (exact) mass is 209 g/mol. The quantitative estimate of drug-likeness (QED) is 0.714. The Bertz CT molecular complexity index is 280. The summed E-state index contributed by atoms with van der Waals surface area (Å²) in [6.45, 7) is 2.99. The number of nitrogens with zero attached hydrogens (tertiary/aromatic N) is 1. The van der Waals surface area contributed by atoms with Crippen LogP contribution in [-0.2, 0) is 4.74 Å². The standard InChI is InChI=1S/C11H15NOS/c1-9-4-5-11(12-7-9)14-8-10-3-2-6-13-10/h4-5,7,10H,2-3,6,8H2,1H3/t10-/m0/s1. The molecule has 1 aromatic rings. The third-order valence-corrected chi connectivity index (χ3v) is 3.40. The van der Waals surface area contributed by atoms with E-state index in [0.29, 0.717) is 6.10 Å². The van der Waals surface area contributed by atoms with Crippen LogP contribution in [0, 0.1) is 6.92 Å². The molecule has 1 aliphatic rings. The van der Waals surface area contributed by atoms with Crippen LogP contribution in [0.5, 0.6) is 0 Å². The molecule has 3 heteroatoms. The van der Waals surface area contributed by atoms with Gasteiger partial charge >= 0.3 is 0 Å². The molecule has 0 radical (unpaired) electrons. The lowest BCUT2D eigenvalue weighted by Crippen LogP contribution is -2.07. The molecule has 0 N–H and O–H groups in total. The number of aromatic nitrogens is 1. The third kappa shape index (κ3) is 2.72. The maximum Gasteiger partial charge on any atom is 0.0960 e. The second-order valence-electron chi connectivity index (χ2n) is 3.62. The van der Waals surface area contributed by atoms with E-state index < -0.39 is 0 Å². The number of pyridine rings is 1. The highest BCUT2D eigenvalue weighted by atomic mass is 32.2. The number of ether oxygens (including phenoxy) is 1. The van der Waals surface area contributed by atoms with Crippen molar-refractivity contribution < 1.29 is 4.74 Å². The van der Waals surface area contributed by atoms with E-state index in [-0.39, 0.29) is 0 Å². The molecule has 0 unspecified atom stereocenters.